The lowest BCUT2D eigenvalue weighted by Gasteiger charge is -2.44. The average molecular weight is 434 g/mol. The van der Waals surface area contributed by atoms with Gasteiger partial charge < -0.3 is 4.90 Å². The molecule has 1 saturated heterocycles. The number of amides is 1. The zero-order valence-corrected chi connectivity index (χ0v) is 18.7. The van der Waals surface area contributed by atoms with Crippen LogP contribution in [0.4, 0.5) is 8.78 Å². The summed E-state index contributed by atoms with van der Waals surface area (Å²) in [5.41, 5.74) is 3.23. The molecular formula is C28H29F2NO. The molecule has 3 aromatic carbocycles. The Balaban J connectivity index is 1.52. The van der Waals surface area contributed by atoms with E-state index in [-0.39, 0.29) is 17.4 Å². The monoisotopic (exact) mass is 433 g/mol. The van der Waals surface area contributed by atoms with E-state index in [9.17, 15) is 13.6 Å². The van der Waals surface area contributed by atoms with Crippen LogP contribution in [0, 0.1) is 11.6 Å². The molecule has 1 aliphatic heterocycles. The zero-order chi connectivity index (χ0) is 22.7. The van der Waals surface area contributed by atoms with Crippen molar-refractivity contribution in [2.75, 3.05) is 6.54 Å². The van der Waals surface area contributed by atoms with Gasteiger partial charge in [-0.1, -0.05) is 67.9 Å². The van der Waals surface area contributed by atoms with E-state index in [0.29, 0.717) is 24.1 Å². The van der Waals surface area contributed by atoms with Gasteiger partial charge in [-0.05, 0) is 48.6 Å². The van der Waals surface area contributed by atoms with Gasteiger partial charge in [-0.2, -0.15) is 0 Å². The minimum absolute atomic E-state index is 0.0648. The predicted octanol–water partition coefficient (Wildman–Crippen LogP) is 7.05. The minimum atomic E-state index is -0.588. The summed E-state index contributed by atoms with van der Waals surface area (Å²) < 4.78 is 27.3. The van der Waals surface area contributed by atoms with Crippen molar-refractivity contribution in [3.8, 4) is 11.1 Å². The molecule has 0 radical (unpaired) electrons. The Kier molecular flexibility index (Phi) is 6.40. The first kappa shape index (κ1) is 22.2. The summed E-state index contributed by atoms with van der Waals surface area (Å²) in [7, 11) is 0. The van der Waals surface area contributed by atoms with Crippen molar-refractivity contribution in [3.63, 3.8) is 0 Å². The molecule has 2 atom stereocenters. The van der Waals surface area contributed by atoms with Gasteiger partial charge in [-0.25, -0.2) is 8.78 Å². The third kappa shape index (κ3) is 4.32. The number of piperidine rings is 1. The van der Waals surface area contributed by atoms with E-state index in [0.717, 1.165) is 30.9 Å². The highest BCUT2D eigenvalue weighted by molar-refractivity contribution is 5.79. The number of benzene rings is 3. The lowest BCUT2D eigenvalue weighted by Crippen LogP contribution is -2.47. The minimum Gasteiger partial charge on any atom is -0.336 e. The maximum Gasteiger partial charge on any atom is 0.223 e. The van der Waals surface area contributed by atoms with E-state index in [4.69, 9.17) is 0 Å². The van der Waals surface area contributed by atoms with Crippen LogP contribution in [0.2, 0.25) is 0 Å². The molecule has 0 N–H and O–H groups in total. The van der Waals surface area contributed by atoms with Gasteiger partial charge in [0.25, 0.3) is 0 Å². The van der Waals surface area contributed by atoms with Gasteiger partial charge in [-0.15, -0.1) is 0 Å². The van der Waals surface area contributed by atoms with Gasteiger partial charge >= 0.3 is 0 Å². The highest BCUT2D eigenvalue weighted by Crippen LogP contribution is 2.42. The van der Waals surface area contributed by atoms with Crippen molar-refractivity contribution in [1.29, 1.82) is 0 Å². The van der Waals surface area contributed by atoms with Crippen LogP contribution in [0.25, 0.3) is 11.1 Å². The molecule has 0 bridgehead atoms. The van der Waals surface area contributed by atoms with Crippen molar-refractivity contribution < 1.29 is 13.6 Å². The van der Waals surface area contributed by atoms with Crippen molar-refractivity contribution in [2.24, 2.45) is 0 Å². The van der Waals surface area contributed by atoms with Crippen molar-refractivity contribution >= 4 is 5.91 Å². The molecular weight excluding hydrogens is 404 g/mol. The van der Waals surface area contributed by atoms with Crippen LogP contribution in [-0.2, 0) is 10.2 Å². The summed E-state index contributed by atoms with van der Waals surface area (Å²) in [6.07, 6.45) is 3.51. The maximum atomic E-state index is 14.1. The summed E-state index contributed by atoms with van der Waals surface area (Å²) in [5.74, 6) is -0.991. The Morgan fingerprint density at radius 1 is 1.00 bits per heavy atom. The molecule has 32 heavy (non-hydrogen) atoms. The van der Waals surface area contributed by atoms with E-state index >= 15 is 0 Å². The number of halogens is 2. The molecule has 0 spiro atoms. The molecule has 1 aliphatic rings. The molecule has 1 fully saturated rings. The van der Waals surface area contributed by atoms with Gasteiger partial charge in [0, 0.05) is 30.0 Å². The normalized spacial score (nSPS) is 19.8. The Bertz CT molecular complexity index is 1080. The maximum absolute atomic E-state index is 14.1. The van der Waals surface area contributed by atoms with Crippen LogP contribution in [0.15, 0.2) is 72.8 Å². The van der Waals surface area contributed by atoms with Crippen molar-refractivity contribution in [3.05, 3.63) is 95.6 Å². The highest BCUT2D eigenvalue weighted by atomic mass is 19.1. The molecule has 0 aromatic heterocycles. The third-order valence-electron chi connectivity index (χ3n) is 6.86. The van der Waals surface area contributed by atoms with Crippen LogP contribution in [0.5, 0.6) is 0 Å². The summed E-state index contributed by atoms with van der Waals surface area (Å²) in [6, 6.07) is 21.5. The summed E-state index contributed by atoms with van der Waals surface area (Å²) in [5, 5.41) is 0. The predicted molar refractivity (Wildman–Crippen MR) is 124 cm³/mol. The van der Waals surface area contributed by atoms with Gasteiger partial charge in [0.15, 0.2) is 0 Å². The number of carbonyl (C=O) groups excluding carboxylic acids is 1. The molecule has 2 nitrogen and oxygen atoms in total. The Morgan fingerprint density at radius 3 is 2.34 bits per heavy atom. The molecule has 0 saturated carbocycles. The van der Waals surface area contributed by atoms with E-state index in [1.54, 1.807) is 0 Å². The molecule has 1 amide bonds. The second-order valence-corrected chi connectivity index (χ2v) is 8.83. The van der Waals surface area contributed by atoms with E-state index in [1.165, 1.54) is 17.7 Å². The Labute approximate surface area is 188 Å². The van der Waals surface area contributed by atoms with Crippen molar-refractivity contribution in [1.82, 2.24) is 4.90 Å². The number of likely N-dealkylation sites (tertiary alicyclic amines) is 1. The summed E-state index contributed by atoms with van der Waals surface area (Å²) in [6.45, 7) is 4.93. The highest BCUT2D eigenvalue weighted by Gasteiger charge is 2.40. The van der Waals surface area contributed by atoms with Gasteiger partial charge in [0.05, 0.1) is 6.04 Å². The lowest BCUT2D eigenvalue weighted by molar-refractivity contribution is -0.138. The summed E-state index contributed by atoms with van der Waals surface area (Å²) in [4.78, 5) is 15.2. The van der Waals surface area contributed by atoms with Crippen LogP contribution < -0.4 is 0 Å². The van der Waals surface area contributed by atoms with Gasteiger partial charge in [0.2, 0.25) is 5.91 Å². The van der Waals surface area contributed by atoms with Crippen LogP contribution in [0.3, 0.4) is 0 Å². The standard InChI is InChI=1S/C28H29F2NO/c1-3-15-28(23-7-5-4-6-8-23)16-17-31(27(32)19-28)20(2)21-9-11-22(12-10-21)25-14-13-24(29)18-26(25)30/h4-14,18,20H,3,15-17,19H2,1-2H3/t20-,28?/m0/s1. The second-order valence-electron chi connectivity index (χ2n) is 8.83. The molecule has 4 heteroatoms. The topological polar surface area (TPSA) is 20.3 Å². The molecule has 1 unspecified atom stereocenters. The van der Waals surface area contributed by atoms with Crippen LogP contribution in [-0.4, -0.2) is 17.4 Å². The second kappa shape index (κ2) is 9.23. The number of rotatable bonds is 6. The van der Waals surface area contributed by atoms with Crippen LogP contribution in [0.1, 0.15) is 56.7 Å². The van der Waals surface area contributed by atoms with Gasteiger partial charge in [0.1, 0.15) is 11.6 Å². The first-order valence-corrected chi connectivity index (χ1v) is 11.3. The molecule has 0 aliphatic carbocycles. The first-order valence-electron chi connectivity index (χ1n) is 11.3. The van der Waals surface area contributed by atoms with E-state index in [1.807, 2.05) is 42.2 Å². The fourth-order valence-corrected chi connectivity index (χ4v) is 5.07. The number of hydrogen-bond acceptors (Lipinski definition) is 1. The van der Waals surface area contributed by atoms with Crippen LogP contribution >= 0.6 is 0 Å². The van der Waals surface area contributed by atoms with Crippen molar-refractivity contribution in [2.45, 2.75) is 51.0 Å². The number of nitrogens with zero attached hydrogens (tertiary/aromatic N) is 1. The number of carbonyl (C=O) groups is 1. The molecule has 3 aromatic rings. The smallest absolute Gasteiger partial charge is 0.223 e. The van der Waals surface area contributed by atoms with Gasteiger partial charge in [-0.3, -0.25) is 4.79 Å². The fraction of sp³-hybridized carbons (Fsp3) is 0.321. The first-order chi connectivity index (χ1) is 15.4. The summed E-state index contributed by atoms with van der Waals surface area (Å²) >= 11 is 0. The quantitative estimate of drug-likeness (QED) is 0.408. The molecule has 4 rings (SSSR count). The molecule has 166 valence electrons. The average Bonchev–Trinajstić information content (AvgIpc) is 2.80. The SMILES string of the molecule is CCCC1(c2ccccc2)CCN([C@@H](C)c2ccc(-c3ccc(F)cc3F)cc2)C(=O)C1. The van der Waals surface area contributed by atoms with E-state index in [2.05, 4.69) is 31.2 Å². The molecule has 1 heterocycles. The lowest BCUT2D eigenvalue weighted by atomic mass is 9.69. The largest absolute Gasteiger partial charge is 0.336 e. The zero-order valence-electron chi connectivity index (χ0n) is 18.7. The number of hydrogen-bond donors (Lipinski definition) is 0. The van der Waals surface area contributed by atoms with E-state index < -0.39 is 11.6 Å². The Hall–Kier alpha value is -3.01. The third-order valence-corrected chi connectivity index (χ3v) is 6.86. The Morgan fingerprint density at radius 2 is 1.72 bits per heavy atom. The fourth-order valence-electron chi connectivity index (χ4n) is 5.07.